The average Bonchev–Trinajstić information content (AvgIpc) is 3.18. The Kier molecular flexibility index (Phi) is 4.79. The first-order valence-corrected chi connectivity index (χ1v) is 9.92. The molecule has 3 N–H and O–H groups in total. The number of hydrogen-bond donors (Lipinski definition) is 2. The van der Waals surface area contributed by atoms with Gasteiger partial charge in [0.05, 0.1) is 17.7 Å². The summed E-state index contributed by atoms with van der Waals surface area (Å²) in [6.07, 6.45) is 5.06. The van der Waals surface area contributed by atoms with E-state index in [1.165, 1.54) is 0 Å². The summed E-state index contributed by atoms with van der Waals surface area (Å²) in [6, 6.07) is 18.6. The summed E-state index contributed by atoms with van der Waals surface area (Å²) in [4.78, 5) is 29.1. The largest absolute Gasteiger partial charge is 0.481 e. The van der Waals surface area contributed by atoms with Crippen LogP contribution < -0.4 is 5.73 Å². The van der Waals surface area contributed by atoms with Gasteiger partial charge >= 0.3 is 5.97 Å². The molecule has 0 atom stereocenters. The van der Waals surface area contributed by atoms with Crippen LogP contribution in [0.1, 0.15) is 5.56 Å². The van der Waals surface area contributed by atoms with Crippen molar-refractivity contribution in [3.8, 4) is 28.3 Å². The fourth-order valence-corrected chi connectivity index (χ4v) is 3.60. The maximum Gasteiger partial charge on any atom is 0.307 e. The Morgan fingerprint density at radius 2 is 1.78 bits per heavy atom. The third kappa shape index (κ3) is 3.54. The first kappa shape index (κ1) is 19.4. The second-order valence-electron chi connectivity index (χ2n) is 7.22. The third-order valence-electron chi connectivity index (χ3n) is 5.09. The van der Waals surface area contributed by atoms with Gasteiger partial charge in [0, 0.05) is 29.8 Å². The van der Waals surface area contributed by atoms with Crippen molar-refractivity contribution < 1.29 is 9.90 Å². The van der Waals surface area contributed by atoms with Crippen molar-refractivity contribution in [2.24, 2.45) is 0 Å². The number of carboxylic acids is 1. The van der Waals surface area contributed by atoms with Crippen molar-refractivity contribution >= 4 is 23.0 Å². The van der Waals surface area contributed by atoms with Gasteiger partial charge < -0.3 is 10.8 Å². The zero-order valence-electron chi connectivity index (χ0n) is 16.9. The molecule has 156 valence electrons. The van der Waals surface area contributed by atoms with Gasteiger partial charge in [0.15, 0.2) is 11.5 Å². The van der Waals surface area contributed by atoms with Gasteiger partial charge in [0.2, 0.25) is 0 Å². The van der Waals surface area contributed by atoms with Gasteiger partial charge in [-0.15, -0.1) is 0 Å². The molecule has 8 nitrogen and oxygen atoms in total. The quantitative estimate of drug-likeness (QED) is 0.442. The van der Waals surface area contributed by atoms with Crippen LogP contribution >= 0.6 is 0 Å². The predicted molar refractivity (Wildman–Crippen MR) is 121 cm³/mol. The zero-order chi connectivity index (χ0) is 22.1. The Hall–Kier alpha value is -4.59. The van der Waals surface area contributed by atoms with Crippen LogP contribution in [0.25, 0.3) is 39.5 Å². The molecule has 0 aliphatic rings. The number of aliphatic carboxylic acids is 1. The Morgan fingerprint density at radius 3 is 2.50 bits per heavy atom. The molecule has 0 unspecified atom stereocenters. The van der Waals surface area contributed by atoms with Crippen molar-refractivity contribution in [3.05, 3.63) is 84.8 Å². The average molecular weight is 422 g/mol. The Bertz CT molecular complexity index is 1430. The lowest BCUT2D eigenvalue weighted by atomic mass is 10.1. The van der Waals surface area contributed by atoms with Crippen LogP contribution in [0, 0.1) is 0 Å². The number of pyridine rings is 3. The molecule has 0 aliphatic heterocycles. The van der Waals surface area contributed by atoms with E-state index in [4.69, 9.17) is 20.8 Å². The summed E-state index contributed by atoms with van der Waals surface area (Å²) >= 11 is 0. The SMILES string of the molecule is Nc1ncccc1-c1nc2ccc(-c3cccnc3)nc2n1-c1ccc(CC(=O)O)cc1. The highest BCUT2D eigenvalue weighted by Crippen LogP contribution is 2.31. The molecule has 0 bridgehead atoms. The van der Waals surface area contributed by atoms with Gasteiger partial charge in [-0.05, 0) is 54.1 Å². The Morgan fingerprint density at radius 1 is 0.969 bits per heavy atom. The number of imidazole rings is 1. The number of fused-ring (bicyclic) bond motifs is 1. The number of carboxylic acid groups (broad SMARTS) is 1. The molecule has 5 rings (SSSR count). The minimum atomic E-state index is -0.877. The second-order valence-corrected chi connectivity index (χ2v) is 7.22. The maximum atomic E-state index is 11.1. The standard InChI is InChI=1S/C24H18N6O2/c25-22-18(4-2-12-27-22)23-29-20-10-9-19(16-3-1-11-26-14-16)28-24(20)30(23)17-7-5-15(6-8-17)13-21(31)32/h1-12,14H,13H2,(H2,25,27)(H,31,32). The summed E-state index contributed by atoms with van der Waals surface area (Å²) < 4.78 is 1.91. The van der Waals surface area contributed by atoms with E-state index in [0.29, 0.717) is 33.9 Å². The minimum Gasteiger partial charge on any atom is -0.481 e. The number of aromatic nitrogens is 5. The van der Waals surface area contributed by atoms with E-state index in [2.05, 4.69) is 9.97 Å². The lowest BCUT2D eigenvalue weighted by Crippen LogP contribution is -2.03. The van der Waals surface area contributed by atoms with Gasteiger partial charge in [-0.3, -0.25) is 14.3 Å². The molecule has 0 fully saturated rings. The fourth-order valence-electron chi connectivity index (χ4n) is 3.60. The van der Waals surface area contributed by atoms with Crippen molar-refractivity contribution in [1.29, 1.82) is 0 Å². The van der Waals surface area contributed by atoms with Crippen LogP contribution in [0.3, 0.4) is 0 Å². The van der Waals surface area contributed by atoms with Crippen LogP contribution in [0.4, 0.5) is 5.82 Å². The lowest BCUT2D eigenvalue weighted by Gasteiger charge is -2.11. The number of nitrogens with zero attached hydrogens (tertiary/aromatic N) is 5. The number of nitrogens with two attached hydrogens (primary N) is 1. The van der Waals surface area contributed by atoms with Gasteiger partial charge in [-0.1, -0.05) is 12.1 Å². The molecule has 0 aliphatic carbocycles. The highest BCUT2D eigenvalue weighted by Gasteiger charge is 2.18. The molecule has 0 saturated heterocycles. The van der Waals surface area contributed by atoms with Crippen molar-refractivity contribution in [3.63, 3.8) is 0 Å². The third-order valence-corrected chi connectivity index (χ3v) is 5.09. The van der Waals surface area contributed by atoms with Crippen molar-refractivity contribution in [2.45, 2.75) is 6.42 Å². The maximum absolute atomic E-state index is 11.1. The van der Waals surface area contributed by atoms with E-state index in [-0.39, 0.29) is 6.42 Å². The van der Waals surface area contributed by atoms with Gasteiger partial charge in [0.1, 0.15) is 11.3 Å². The normalized spacial score (nSPS) is 11.0. The summed E-state index contributed by atoms with van der Waals surface area (Å²) in [5.74, 6) is 0.0869. The molecule has 5 aromatic rings. The van der Waals surface area contributed by atoms with E-state index in [1.54, 1.807) is 36.8 Å². The molecule has 0 radical (unpaired) electrons. The van der Waals surface area contributed by atoms with Crippen LogP contribution in [0.5, 0.6) is 0 Å². The molecular weight excluding hydrogens is 404 g/mol. The van der Waals surface area contributed by atoms with E-state index in [1.807, 2.05) is 47.0 Å². The summed E-state index contributed by atoms with van der Waals surface area (Å²) in [7, 11) is 0. The number of benzene rings is 1. The summed E-state index contributed by atoms with van der Waals surface area (Å²) in [6.45, 7) is 0. The van der Waals surface area contributed by atoms with Crippen molar-refractivity contribution in [2.75, 3.05) is 5.73 Å². The van der Waals surface area contributed by atoms with Crippen LogP contribution in [0.15, 0.2) is 79.3 Å². The molecule has 4 heterocycles. The molecule has 0 saturated carbocycles. The van der Waals surface area contributed by atoms with Crippen molar-refractivity contribution in [1.82, 2.24) is 24.5 Å². The molecule has 1 aromatic carbocycles. The van der Waals surface area contributed by atoms with Crippen LogP contribution in [-0.2, 0) is 11.2 Å². The van der Waals surface area contributed by atoms with E-state index >= 15 is 0 Å². The fraction of sp³-hybridized carbons (Fsp3) is 0.0417. The van der Waals surface area contributed by atoms with Gasteiger partial charge in [-0.2, -0.15) is 0 Å². The Balaban J connectivity index is 1.74. The smallest absolute Gasteiger partial charge is 0.307 e. The number of hydrogen-bond acceptors (Lipinski definition) is 6. The van der Waals surface area contributed by atoms with Crippen LogP contribution in [0.2, 0.25) is 0 Å². The van der Waals surface area contributed by atoms with Gasteiger partial charge in [-0.25, -0.2) is 15.0 Å². The number of nitrogen functional groups attached to an aromatic ring is 1. The lowest BCUT2D eigenvalue weighted by molar-refractivity contribution is -0.136. The zero-order valence-corrected chi connectivity index (χ0v) is 16.9. The number of rotatable bonds is 5. The Labute approximate surface area is 183 Å². The second kappa shape index (κ2) is 7.92. The molecule has 8 heteroatoms. The van der Waals surface area contributed by atoms with E-state index in [0.717, 1.165) is 16.9 Å². The van der Waals surface area contributed by atoms with E-state index < -0.39 is 5.97 Å². The summed E-state index contributed by atoms with van der Waals surface area (Å²) in [5.41, 5.74) is 11.3. The molecule has 32 heavy (non-hydrogen) atoms. The molecule has 0 spiro atoms. The predicted octanol–water partition coefficient (Wildman–Crippen LogP) is 3.75. The number of anilines is 1. The highest BCUT2D eigenvalue weighted by molar-refractivity contribution is 5.84. The van der Waals surface area contributed by atoms with E-state index in [9.17, 15) is 4.79 Å². The van der Waals surface area contributed by atoms with Gasteiger partial charge in [0.25, 0.3) is 0 Å². The first-order valence-electron chi connectivity index (χ1n) is 9.92. The summed E-state index contributed by atoms with van der Waals surface area (Å²) in [5, 5.41) is 9.07. The number of carbonyl (C=O) groups is 1. The first-order chi connectivity index (χ1) is 15.6. The molecule has 4 aromatic heterocycles. The highest BCUT2D eigenvalue weighted by atomic mass is 16.4. The van der Waals surface area contributed by atoms with Crippen LogP contribution in [-0.4, -0.2) is 35.6 Å². The molecular formula is C24H18N6O2. The monoisotopic (exact) mass is 422 g/mol. The topological polar surface area (TPSA) is 120 Å². The molecule has 0 amide bonds. The minimum absolute atomic E-state index is 0.0449.